The van der Waals surface area contributed by atoms with E-state index in [0.717, 1.165) is 41.8 Å². The summed E-state index contributed by atoms with van der Waals surface area (Å²) in [5.41, 5.74) is 9.60. The van der Waals surface area contributed by atoms with Crippen molar-refractivity contribution in [1.82, 2.24) is 0 Å². The Morgan fingerprint density at radius 2 is 2.00 bits per heavy atom. The van der Waals surface area contributed by atoms with E-state index in [9.17, 15) is 4.79 Å². The van der Waals surface area contributed by atoms with E-state index in [1.165, 1.54) is 0 Å². The number of hydrogen-bond acceptors (Lipinski definition) is 2. The van der Waals surface area contributed by atoms with Crippen LogP contribution in [0.3, 0.4) is 0 Å². The van der Waals surface area contributed by atoms with E-state index in [2.05, 4.69) is 12.2 Å². The van der Waals surface area contributed by atoms with Gasteiger partial charge < -0.3 is 11.1 Å². The fourth-order valence-corrected chi connectivity index (χ4v) is 2.76. The van der Waals surface area contributed by atoms with Gasteiger partial charge in [-0.3, -0.25) is 4.79 Å². The second kappa shape index (κ2) is 5.01. The summed E-state index contributed by atoms with van der Waals surface area (Å²) in [7, 11) is 0. The van der Waals surface area contributed by atoms with Crippen molar-refractivity contribution < 1.29 is 4.79 Å². The molecule has 2 atom stereocenters. The van der Waals surface area contributed by atoms with Crippen molar-refractivity contribution in [3.8, 4) is 0 Å². The maximum atomic E-state index is 12.2. The van der Waals surface area contributed by atoms with Gasteiger partial charge in [0.05, 0.1) is 0 Å². The highest BCUT2D eigenvalue weighted by Crippen LogP contribution is 2.32. The van der Waals surface area contributed by atoms with E-state index in [1.54, 1.807) is 0 Å². The van der Waals surface area contributed by atoms with Gasteiger partial charge in [-0.15, -0.1) is 0 Å². The van der Waals surface area contributed by atoms with Gasteiger partial charge in [0.15, 0.2) is 0 Å². The number of carbonyl (C=O) groups excluding carboxylic acids is 1. The molecule has 0 aliphatic heterocycles. The summed E-state index contributed by atoms with van der Waals surface area (Å²) in [6.45, 7) is 6.14. The van der Waals surface area contributed by atoms with Crippen LogP contribution in [0, 0.1) is 25.7 Å². The van der Waals surface area contributed by atoms with Gasteiger partial charge in [-0.05, 0) is 49.8 Å². The predicted octanol–water partition coefficient (Wildman–Crippen LogP) is 3.26. The van der Waals surface area contributed by atoms with Crippen LogP contribution in [0.1, 0.15) is 37.3 Å². The van der Waals surface area contributed by atoms with Crippen LogP contribution in [-0.4, -0.2) is 5.91 Å². The van der Waals surface area contributed by atoms with E-state index >= 15 is 0 Å². The average molecular weight is 246 g/mol. The molecule has 1 fully saturated rings. The summed E-state index contributed by atoms with van der Waals surface area (Å²) < 4.78 is 0. The van der Waals surface area contributed by atoms with Gasteiger partial charge in [0.1, 0.15) is 0 Å². The quantitative estimate of drug-likeness (QED) is 0.787. The first-order chi connectivity index (χ1) is 8.49. The van der Waals surface area contributed by atoms with Crippen molar-refractivity contribution >= 4 is 17.3 Å². The van der Waals surface area contributed by atoms with Crippen LogP contribution in [0.15, 0.2) is 12.1 Å². The third kappa shape index (κ3) is 2.50. The minimum atomic E-state index is 0.145. The first-order valence-corrected chi connectivity index (χ1v) is 6.66. The molecule has 0 saturated heterocycles. The topological polar surface area (TPSA) is 55.1 Å². The second-order valence-electron chi connectivity index (χ2n) is 5.53. The molecule has 1 saturated carbocycles. The largest absolute Gasteiger partial charge is 0.398 e. The summed E-state index contributed by atoms with van der Waals surface area (Å²) >= 11 is 0. The molecule has 1 aromatic rings. The molecule has 0 aromatic heterocycles. The van der Waals surface area contributed by atoms with Crippen molar-refractivity contribution in [3.05, 3.63) is 23.3 Å². The Labute approximate surface area is 109 Å². The third-order valence-electron chi connectivity index (χ3n) is 4.07. The number of benzene rings is 1. The van der Waals surface area contributed by atoms with Crippen molar-refractivity contribution in [2.75, 3.05) is 11.1 Å². The normalized spacial score (nSPS) is 23.1. The molecule has 2 unspecified atom stereocenters. The standard InChI is InChI=1S/C15H22N2O/c1-9-5-4-6-12(9)15(18)17-14-8-13(16)10(2)7-11(14)3/h7-9,12H,4-6,16H2,1-3H3,(H,17,18). The Bertz CT molecular complexity index is 468. The lowest BCUT2D eigenvalue weighted by Gasteiger charge is -2.17. The summed E-state index contributed by atoms with van der Waals surface area (Å²) in [4.78, 5) is 12.2. The van der Waals surface area contributed by atoms with Gasteiger partial charge in [-0.2, -0.15) is 0 Å². The summed E-state index contributed by atoms with van der Waals surface area (Å²) in [6.07, 6.45) is 3.33. The number of nitrogen functional groups attached to an aromatic ring is 1. The lowest BCUT2D eigenvalue weighted by molar-refractivity contribution is -0.120. The summed E-state index contributed by atoms with van der Waals surface area (Å²) in [6, 6.07) is 3.88. The predicted molar refractivity (Wildman–Crippen MR) is 75.5 cm³/mol. The number of nitrogens with one attached hydrogen (secondary N) is 1. The lowest BCUT2D eigenvalue weighted by Crippen LogP contribution is -2.25. The zero-order valence-electron chi connectivity index (χ0n) is 11.4. The zero-order valence-corrected chi connectivity index (χ0v) is 11.4. The van der Waals surface area contributed by atoms with Crippen molar-refractivity contribution in [3.63, 3.8) is 0 Å². The van der Waals surface area contributed by atoms with Gasteiger partial charge in [0.25, 0.3) is 0 Å². The van der Waals surface area contributed by atoms with Crippen LogP contribution < -0.4 is 11.1 Å². The molecule has 3 nitrogen and oxygen atoms in total. The SMILES string of the molecule is Cc1cc(C)c(NC(=O)C2CCCC2C)cc1N. The van der Waals surface area contributed by atoms with Crippen molar-refractivity contribution in [2.24, 2.45) is 11.8 Å². The van der Waals surface area contributed by atoms with E-state index in [0.29, 0.717) is 5.92 Å². The minimum Gasteiger partial charge on any atom is -0.398 e. The van der Waals surface area contributed by atoms with Crippen LogP contribution in [-0.2, 0) is 4.79 Å². The molecule has 2 rings (SSSR count). The maximum absolute atomic E-state index is 12.2. The second-order valence-corrected chi connectivity index (χ2v) is 5.53. The van der Waals surface area contributed by atoms with E-state index in [1.807, 2.05) is 26.0 Å². The summed E-state index contributed by atoms with van der Waals surface area (Å²) in [5.74, 6) is 0.798. The maximum Gasteiger partial charge on any atom is 0.227 e. The molecule has 0 spiro atoms. The molecule has 1 aliphatic rings. The minimum absolute atomic E-state index is 0.145. The smallest absolute Gasteiger partial charge is 0.227 e. The highest BCUT2D eigenvalue weighted by Gasteiger charge is 2.29. The molecule has 1 amide bonds. The Morgan fingerprint density at radius 3 is 2.61 bits per heavy atom. The van der Waals surface area contributed by atoms with Crippen LogP contribution in [0.25, 0.3) is 0 Å². The highest BCUT2D eigenvalue weighted by molar-refractivity contribution is 5.94. The lowest BCUT2D eigenvalue weighted by atomic mass is 9.97. The van der Waals surface area contributed by atoms with Gasteiger partial charge in [-0.25, -0.2) is 0 Å². The van der Waals surface area contributed by atoms with Crippen LogP contribution in [0.5, 0.6) is 0 Å². The number of nitrogens with two attached hydrogens (primary N) is 1. The fourth-order valence-electron chi connectivity index (χ4n) is 2.76. The molecule has 1 aromatic carbocycles. The first kappa shape index (κ1) is 12.9. The van der Waals surface area contributed by atoms with Crippen LogP contribution in [0.2, 0.25) is 0 Å². The molecule has 3 heteroatoms. The van der Waals surface area contributed by atoms with Gasteiger partial charge in [-0.1, -0.05) is 19.4 Å². The number of anilines is 2. The van der Waals surface area contributed by atoms with E-state index in [4.69, 9.17) is 5.73 Å². The average Bonchev–Trinajstić information content (AvgIpc) is 2.72. The van der Waals surface area contributed by atoms with Crippen molar-refractivity contribution in [2.45, 2.75) is 40.0 Å². The Kier molecular flexibility index (Phi) is 3.60. The molecule has 1 aliphatic carbocycles. The molecular weight excluding hydrogens is 224 g/mol. The van der Waals surface area contributed by atoms with E-state index < -0.39 is 0 Å². The molecule has 0 radical (unpaired) electrons. The Morgan fingerprint density at radius 1 is 1.28 bits per heavy atom. The van der Waals surface area contributed by atoms with Gasteiger partial charge in [0.2, 0.25) is 5.91 Å². The van der Waals surface area contributed by atoms with E-state index in [-0.39, 0.29) is 11.8 Å². The number of carbonyl (C=O) groups is 1. The fraction of sp³-hybridized carbons (Fsp3) is 0.533. The monoisotopic (exact) mass is 246 g/mol. The highest BCUT2D eigenvalue weighted by atomic mass is 16.1. The first-order valence-electron chi connectivity index (χ1n) is 6.66. The number of amides is 1. The molecule has 0 heterocycles. The molecular formula is C15H22N2O. The number of rotatable bonds is 2. The van der Waals surface area contributed by atoms with Crippen LogP contribution in [0.4, 0.5) is 11.4 Å². The Balaban J connectivity index is 2.14. The van der Waals surface area contributed by atoms with Crippen LogP contribution >= 0.6 is 0 Å². The molecule has 98 valence electrons. The molecule has 0 bridgehead atoms. The van der Waals surface area contributed by atoms with Gasteiger partial charge >= 0.3 is 0 Å². The molecule has 18 heavy (non-hydrogen) atoms. The van der Waals surface area contributed by atoms with Gasteiger partial charge in [0, 0.05) is 17.3 Å². The number of hydrogen-bond donors (Lipinski definition) is 2. The molecule has 3 N–H and O–H groups in total. The zero-order chi connectivity index (χ0) is 13.3. The third-order valence-corrected chi connectivity index (χ3v) is 4.07. The Hall–Kier alpha value is -1.51. The summed E-state index contributed by atoms with van der Waals surface area (Å²) in [5, 5.41) is 3.03. The number of aryl methyl sites for hydroxylation is 2. The van der Waals surface area contributed by atoms with Crippen molar-refractivity contribution in [1.29, 1.82) is 0 Å².